The van der Waals surface area contributed by atoms with Gasteiger partial charge in [0.05, 0.1) is 22.2 Å². The van der Waals surface area contributed by atoms with E-state index in [0.29, 0.717) is 17.2 Å². The maximum Gasteiger partial charge on any atom is 0.243 e. The summed E-state index contributed by atoms with van der Waals surface area (Å²) < 4.78 is 63.4. The Morgan fingerprint density at radius 1 is 0.781 bits per heavy atom. The summed E-state index contributed by atoms with van der Waals surface area (Å²) >= 11 is 0. The average Bonchev–Trinajstić information content (AvgIpc) is 2.74. The topological polar surface area (TPSA) is 90.0 Å². The normalized spacial score (nSPS) is 15.2. The Hall–Kier alpha value is -2.88. The summed E-state index contributed by atoms with van der Waals surface area (Å²) in [5, 5.41) is -0.783. The number of hydrogen-bond donors (Lipinski definition) is 0. The second kappa shape index (κ2) is 8.57. The number of benzene rings is 3. The van der Waals surface area contributed by atoms with Crippen LogP contribution in [0.15, 0.2) is 82.6 Å². The van der Waals surface area contributed by atoms with Gasteiger partial charge in [0.25, 0.3) is 0 Å². The predicted molar refractivity (Wildman–Crippen MR) is 120 cm³/mol. The van der Waals surface area contributed by atoms with Gasteiger partial charge >= 0.3 is 0 Å². The summed E-state index contributed by atoms with van der Waals surface area (Å²) in [6.07, 6.45) is 0. The molecule has 1 aliphatic rings. The molecule has 0 atom stereocenters. The lowest BCUT2D eigenvalue weighted by Crippen LogP contribution is -2.56. The van der Waals surface area contributed by atoms with Gasteiger partial charge in [0.1, 0.15) is 17.2 Å². The molecule has 1 fully saturated rings. The Bertz CT molecular complexity index is 1310. The molecule has 0 N–H and O–H groups in total. The molecule has 0 radical (unpaired) electrons. The van der Waals surface area contributed by atoms with Crippen molar-refractivity contribution < 1.29 is 26.3 Å². The lowest BCUT2D eigenvalue weighted by Gasteiger charge is -2.37. The zero-order valence-corrected chi connectivity index (χ0v) is 19.3. The van der Waals surface area contributed by atoms with Crippen molar-refractivity contribution in [3.63, 3.8) is 0 Å². The number of hydrogen-bond acceptors (Lipinski definition) is 6. The molecule has 0 aromatic heterocycles. The summed E-state index contributed by atoms with van der Waals surface area (Å²) in [7, 11) is -5.92. The molecule has 3 aromatic carbocycles. The molecule has 3 aromatic rings. The fourth-order valence-electron chi connectivity index (χ4n) is 3.38. The summed E-state index contributed by atoms with van der Waals surface area (Å²) in [4.78, 5) is 0.244. The van der Waals surface area contributed by atoms with Crippen molar-refractivity contribution in [1.29, 1.82) is 0 Å². The van der Waals surface area contributed by atoms with Gasteiger partial charge in [-0.25, -0.2) is 16.8 Å². The number of sulfone groups is 1. The number of sulfonamides is 1. The summed E-state index contributed by atoms with van der Waals surface area (Å²) in [6, 6.07) is 19.7. The van der Waals surface area contributed by atoms with Gasteiger partial charge < -0.3 is 9.47 Å². The van der Waals surface area contributed by atoms with Crippen molar-refractivity contribution in [2.75, 3.05) is 20.2 Å². The minimum absolute atomic E-state index is 0.0852. The highest BCUT2D eigenvalue weighted by Gasteiger charge is 2.44. The highest BCUT2D eigenvalue weighted by atomic mass is 32.2. The van der Waals surface area contributed by atoms with E-state index in [-0.39, 0.29) is 22.9 Å². The molecule has 0 bridgehead atoms. The van der Waals surface area contributed by atoms with E-state index in [4.69, 9.17) is 9.47 Å². The molecule has 4 rings (SSSR count). The standard InChI is InChI=1S/C23H23NO6S2/c1-17-5-3-4-6-23(17)30-19-9-13-21(14-10-19)32(27,28)24-15-22(16-24)31(25,26)20-11-7-18(29-2)8-12-20/h3-14,22H,15-16H2,1-2H3. The van der Waals surface area contributed by atoms with Gasteiger partial charge in [-0.3, -0.25) is 0 Å². The first-order chi connectivity index (χ1) is 15.2. The number of ether oxygens (including phenoxy) is 2. The molecule has 0 unspecified atom stereocenters. The van der Waals surface area contributed by atoms with Crippen LogP contribution in [0.5, 0.6) is 17.2 Å². The Morgan fingerprint density at radius 2 is 1.34 bits per heavy atom. The highest BCUT2D eigenvalue weighted by Crippen LogP contribution is 2.31. The monoisotopic (exact) mass is 473 g/mol. The molecule has 168 valence electrons. The lowest BCUT2D eigenvalue weighted by molar-refractivity contribution is 0.309. The first-order valence-electron chi connectivity index (χ1n) is 9.93. The van der Waals surface area contributed by atoms with Crippen LogP contribution in [0.4, 0.5) is 0 Å². The van der Waals surface area contributed by atoms with E-state index >= 15 is 0 Å². The number of methoxy groups -OCH3 is 1. The van der Waals surface area contributed by atoms with Crippen LogP contribution in [0.2, 0.25) is 0 Å². The minimum Gasteiger partial charge on any atom is -0.497 e. The van der Waals surface area contributed by atoms with Crippen molar-refractivity contribution >= 4 is 19.9 Å². The first-order valence-corrected chi connectivity index (χ1v) is 12.9. The van der Waals surface area contributed by atoms with E-state index in [1.165, 1.54) is 35.7 Å². The van der Waals surface area contributed by atoms with Gasteiger partial charge in [0, 0.05) is 13.1 Å². The smallest absolute Gasteiger partial charge is 0.243 e. The Morgan fingerprint density at radius 3 is 1.94 bits per heavy atom. The van der Waals surface area contributed by atoms with Gasteiger partial charge in [-0.05, 0) is 67.1 Å². The van der Waals surface area contributed by atoms with Gasteiger partial charge in [-0.2, -0.15) is 4.31 Å². The number of nitrogens with zero attached hydrogens (tertiary/aromatic N) is 1. The fourth-order valence-corrected chi connectivity index (χ4v) is 6.75. The van der Waals surface area contributed by atoms with Crippen LogP contribution in [0.1, 0.15) is 5.56 Å². The number of rotatable bonds is 7. The number of para-hydroxylation sites is 1. The van der Waals surface area contributed by atoms with E-state index < -0.39 is 25.1 Å². The number of aryl methyl sites for hydroxylation is 1. The van der Waals surface area contributed by atoms with Gasteiger partial charge in [-0.15, -0.1) is 0 Å². The van der Waals surface area contributed by atoms with Crippen molar-refractivity contribution in [1.82, 2.24) is 4.31 Å². The van der Waals surface area contributed by atoms with Crippen LogP contribution in [0.3, 0.4) is 0 Å². The quantitative estimate of drug-likeness (QED) is 0.520. The molecule has 0 saturated carbocycles. The molecule has 0 spiro atoms. The average molecular weight is 474 g/mol. The van der Waals surface area contributed by atoms with Crippen LogP contribution in [0.25, 0.3) is 0 Å². The van der Waals surface area contributed by atoms with Crippen LogP contribution in [-0.2, 0) is 19.9 Å². The minimum atomic E-state index is -3.79. The Balaban J connectivity index is 1.44. The zero-order valence-electron chi connectivity index (χ0n) is 17.6. The van der Waals surface area contributed by atoms with Gasteiger partial charge in [0.2, 0.25) is 10.0 Å². The second-order valence-electron chi connectivity index (χ2n) is 7.50. The lowest BCUT2D eigenvalue weighted by atomic mass is 10.2. The summed E-state index contributed by atoms with van der Waals surface area (Å²) in [5.74, 6) is 1.76. The third-order valence-electron chi connectivity index (χ3n) is 5.42. The largest absolute Gasteiger partial charge is 0.497 e. The Kier molecular flexibility index (Phi) is 5.98. The maximum absolute atomic E-state index is 12.9. The van der Waals surface area contributed by atoms with Crippen molar-refractivity contribution in [3.8, 4) is 17.2 Å². The van der Waals surface area contributed by atoms with Crippen LogP contribution in [0, 0.1) is 6.92 Å². The highest BCUT2D eigenvalue weighted by molar-refractivity contribution is 7.92. The summed E-state index contributed by atoms with van der Waals surface area (Å²) in [6.45, 7) is 1.75. The van der Waals surface area contributed by atoms with E-state index in [9.17, 15) is 16.8 Å². The predicted octanol–water partition coefficient (Wildman–Crippen LogP) is 3.64. The molecule has 32 heavy (non-hydrogen) atoms. The van der Waals surface area contributed by atoms with Gasteiger partial charge in [0.15, 0.2) is 9.84 Å². The van der Waals surface area contributed by atoms with E-state index in [0.717, 1.165) is 5.56 Å². The van der Waals surface area contributed by atoms with Gasteiger partial charge in [-0.1, -0.05) is 18.2 Å². The first kappa shape index (κ1) is 22.3. The molecular weight excluding hydrogens is 450 g/mol. The molecular formula is C23H23NO6S2. The van der Waals surface area contributed by atoms with E-state index in [1.54, 1.807) is 24.3 Å². The van der Waals surface area contributed by atoms with Crippen molar-refractivity contribution in [2.45, 2.75) is 22.0 Å². The zero-order chi connectivity index (χ0) is 22.9. The molecule has 1 saturated heterocycles. The van der Waals surface area contributed by atoms with E-state index in [2.05, 4.69) is 0 Å². The molecule has 1 aliphatic heterocycles. The molecule has 0 aliphatic carbocycles. The SMILES string of the molecule is COc1ccc(S(=O)(=O)C2CN(S(=O)(=O)c3ccc(Oc4ccccc4C)cc3)C2)cc1. The van der Waals surface area contributed by atoms with Crippen molar-refractivity contribution in [3.05, 3.63) is 78.4 Å². The second-order valence-corrected chi connectivity index (χ2v) is 11.7. The third kappa shape index (κ3) is 4.23. The van der Waals surface area contributed by atoms with Crippen LogP contribution < -0.4 is 9.47 Å². The van der Waals surface area contributed by atoms with Crippen LogP contribution >= 0.6 is 0 Å². The Labute approximate surface area is 188 Å². The summed E-state index contributed by atoms with van der Waals surface area (Å²) in [5.41, 5.74) is 0.967. The molecule has 9 heteroatoms. The third-order valence-corrected chi connectivity index (χ3v) is 9.38. The van der Waals surface area contributed by atoms with Crippen LogP contribution in [-0.4, -0.2) is 46.6 Å². The molecule has 0 amide bonds. The maximum atomic E-state index is 12.9. The van der Waals surface area contributed by atoms with Crippen molar-refractivity contribution in [2.24, 2.45) is 0 Å². The fraction of sp³-hybridized carbons (Fsp3) is 0.217. The van der Waals surface area contributed by atoms with E-state index in [1.807, 2.05) is 31.2 Å². The molecule has 1 heterocycles. The molecule has 7 nitrogen and oxygen atoms in total.